The topological polar surface area (TPSA) is 78.0 Å². The Balaban J connectivity index is 2.10. The van der Waals surface area contributed by atoms with Gasteiger partial charge in [0.15, 0.2) is 0 Å². The SMILES string of the molecule is CC(C)N1C(=O)C(=O)N(CC(=O)N(C)Cc2c(F)cccc2Cl)C1=O. The standard InChI is InChI=1S/C16H17ClFN3O4/c1-9(2)21-15(24)14(23)20(16(21)25)8-13(22)19(3)7-10-11(17)5-4-6-12(10)18/h4-6,9H,7-8H2,1-3H3. The summed E-state index contributed by atoms with van der Waals surface area (Å²) in [5.74, 6) is -3.21. The fourth-order valence-corrected chi connectivity index (χ4v) is 2.60. The third-order valence-corrected chi connectivity index (χ3v) is 4.13. The highest BCUT2D eigenvalue weighted by Gasteiger charge is 2.46. The Morgan fingerprint density at radius 1 is 1.24 bits per heavy atom. The molecule has 1 aromatic rings. The molecule has 0 aliphatic carbocycles. The van der Waals surface area contributed by atoms with Crippen LogP contribution in [0.5, 0.6) is 0 Å². The lowest BCUT2D eigenvalue weighted by atomic mass is 10.2. The zero-order valence-corrected chi connectivity index (χ0v) is 14.7. The monoisotopic (exact) mass is 369 g/mol. The molecule has 9 heteroatoms. The lowest BCUT2D eigenvalue weighted by Gasteiger charge is -2.22. The number of rotatable bonds is 5. The molecule has 0 N–H and O–H groups in total. The zero-order valence-electron chi connectivity index (χ0n) is 14.0. The highest BCUT2D eigenvalue weighted by atomic mass is 35.5. The van der Waals surface area contributed by atoms with Crippen LogP contribution in [0.15, 0.2) is 18.2 Å². The molecule has 1 aromatic carbocycles. The summed E-state index contributed by atoms with van der Waals surface area (Å²) in [6, 6.07) is 2.81. The van der Waals surface area contributed by atoms with Crippen molar-refractivity contribution in [1.82, 2.24) is 14.7 Å². The van der Waals surface area contributed by atoms with E-state index in [2.05, 4.69) is 0 Å². The maximum Gasteiger partial charge on any atom is 0.334 e. The summed E-state index contributed by atoms with van der Waals surface area (Å²) in [6.45, 7) is 2.43. The van der Waals surface area contributed by atoms with E-state index in [1.807, 2.05) is 0 Å². The summed E-state index contributed by atoms with van der Waals surface area (Å²) in [5.41, 5.74) is 0.124. The van der Waals surface area contributed by atoms with E-state index in [4.69, 9.17) is 11.6 Å². The molecule has 1 aliphatic heterocycles. The van der Waals surface area contributed by atoms with E-state index < -0.39 is 42.2 Å². The van der Waals surface area contributed by atoms with Crippen molar-refractivity contribution in [2.45, 2.75) is 26.4 Å². The summed E-state index contributed by atoms with van der Waals surface area (Å²) < 4.78 is 13.8. The van der Waals surface area contributed by atoms with Crippen LogP contribution in [-0.4, -0.2) is 58.1 Å². The molecule has 0 spiro atoms. The van der Waals surface area contributed by atoms with E-state index in [9.17, 15) is 23.6 Å². The van der Waals surface area contributed by atoms with Gasteiger partial charge in [0.05, 0.1) is 0 Å². The van der Waals surface area contributed by atoms with Crippen molar-refractivity contribution < 1.29 is 23.6 Å². The lowest BCUT2D eigenvalue weighted by Crippen LogP contribution is -2.43. The van der Waals surface area contributed by atoms with Gasteiger partial charge in [-0.2, -0.15) is 0 Å². The van der Waals surface area contributed by atoms with Gasteiger partial charge in [-0.25, -0.2) is 14.1 Å². The van der Waals surface area contributed by atoms with Crippen LogP contribution in [0.3, 0.4) is 0 Å². The number of nitrogens with zero attached hydrogens (tertiary/aromatic N) is 3. The Morgan fingerprint density at radius 2 is 1.88 bits per heavy atom. The van der Waals surface area contributed by atoms with Crippen molar-refractivity contribution in [2.24, 2.45) is 0 Å². The van der Waals surface area contributed by atoms with E-state index in [0.717, 1.165) is 9.80 Å². The fraction of sp³-hybridized carbons (Fsp3) is 0.375. The second-order valence-electron chi connectivity index (χ2n) is 5.89. The number of urea groups is 1. The summed E-state index contributed by atoms with van der Waals surface area (Å²) >= 11 is 5.92. The molecular formula is C16H17ClFN3O4. The lowest BCUT2D eigenvalue weighted by molar-refractivity contribution is -0.145. The van der Waals surface area contributed by atoms with Crippen LogP contribution in [0, 0.1) is 5.82 Å². The van der Waals surface area contributed by atoms with Crippen molar-refractivity contribution >= 4 is 35.4 Å². The molecule has 2 rings (SSSR count). The fourth-order valence-electron chi connectivity index (χ4n) is 2.38. The van der Waals surface area contributed by atoms with E-state index in [-0.39, 0.29) is 17.1 Å². The minimum Gasteiger partial charge on any atom is -0.340 e. The number of imide groups is 2. The van der Waals surface area contributed by atoms with E-state index in [1.165, 1.54) is 25.2 Å². The van der Waals surface area contributed by atoms with Crippen LogP contribution in [0.2, 0.25) is 5.02 Å². The van der Waals surface area contributed by atoms with E-state index >= 15 is 0 Å². The molecule has 0 unspecified atom stereocenters. The molecule has 5 amide bonds. The smallest absolute Gasteiger partial charge is 0.334 e. The molecule has 7 nitrogen and oxygen atoms in total. The average Bonchev–Trinajstić information content (AvgIpc) is 2.74. The Hall–Kier alpha value is -2.48. The first kappa shape index (κ1) is 18.9. The zero-order chi connectivity index (χ0) is 18.9. The summed E-state index contributed by atoms with van der Waals surface area (Å²) in [5, 5.41) is 0.161. The summed E-state index contributed by atoms with van der Waals surface area (Å²) in [7, 11) is 1.39. The second-order valence-corrected chi connectivity index (χ2v) is 6.30. The molecule has 0 atom stereocenters. The predicted octanol–water partition coefficient (Wildman–Crippen LogP) is 1.64. The Labute approximate surface area is 148 Å². The van der Waals surface area contributed by atoms with Gasteiger partial charge in [-0.1, -0.05) is 17.7 Å². The van der Waals surface area contributed by atoms with Gasteiger partial charge in [0.1, 0.15) is 12.4 Å². The van der Waals surface area contributed by atoms with Crippen molar-refractivity contribution in [3.8, 4) is 0 Å². The van der Waals surface area contributed by atoms with Gasteiger partial charge in [0, 0.05) is 30.2 Å². The van der Waals surface area contributed by atoms with Crippen molar-refractivity contribution in [2.75, 3.05) is 13.6 Å². The maximum absolute atomic E-state index is 13.8. The number of carbonyl (C=O) groups is 4. The van der Waals surface area contributed by atoms with Gasteiger partial charge in [-0.15, -0.1) is 0 Å². The number of carbonyl (C=O) groups excluding carboxylic acids is 4. The Morgan fingerprint density at radius 3 is 2.40 bits per heavy atom. The predicted molar refractivity (Wildman–Crippen MR) is 87.0 cm³/mol. The number of likely N-dealkylation sites (N-methyl/N-ethyl adjacent to an activating group) is 1. The van der Waals surface area contributed by atoms with Crippen molar-refractivity contribution in [1.29, 1.82) is 0 Å². The van der Waals surface area contributed by atoms with E-state index in [1.54, 1.807) is 13.8 Å². The number of halogens is 2. The van der Waals surface area contributed by atoms with Crippen LogP contribution in [-0.2, 0) is 20.9 Å². The maximum atomic E-state index is 13.8. The van der Waals surface area contributed by atoms with Crippen LogP contribution >= 0.6 is 11.6 Å². The molecule has 25 heavy (non-hydrogen) atoms. The molecule has 0 radical (unpaired) electrons. The highest BCUT2D eigenvalue weighted by molar-refractivity contribution is 6.45. The minimum absolute atomic E-state index is 0.124. The van der Waals surface area contributed by atoms with Gasteiger partial charge in [-0.05, 0) is 26.0 Å². The molecule has 0 aromatic heterocycles. The normalized spacial score (nSPS) is 14.7. The Bertz CT molecular complexity index is 733. The third kappa shape index (κ3) is 3.63. The van der Waals surface area contributed by atoms with Gasteiger partial charge < -0.3 is 4.90 Å². The molecule has 134 valence electrons. The van der Waals surface area contributed by atoms with Gasteiger partial charge >= 0.3 is 17.8 Å². The molecule has 1 fully saturated rings. The summed E-state index contributed by atoms with van der Waals surface area (Å²) in [4.78, 5) is 50.7. The third-order valence-electron chi connectivity index (χ3n) is 3.78. The van der Waals surface area contributed by atoms with Gasteiger partial charge in [-0.3, -0.25) is 19.3 Å². The molecule has 1 aliphatic rings. The average molecular weight is 370 g/mol. The highest BCUT2D eigenvalue weighted by Crippen LogP contribution is 2.21. The minimum atomic E-state index is -1.05. The molecule has 0 bridgehead atoms. The Kier molecular flexibility index (Phi) is 5.42. The first-order valence-corrected chi connectivity index (χ1v) is 7.88. The number of hydrogen-bond donors (Lipinski definition) is 0. The van der Waals surface area contributed by atoms with Gasteiger partial charge in [0.2, 0.25) is 5.91 Å². The molecular weight excluding hydrogens is 353 g/mol. The van der Waals surface area contributed by atoms with Crippen molar-refractivity contribution in [3.05, 3.63) is 34.6 Å². The quantitative estimate of drug-likeness (QED) is 0.584. The van der Waals surface area contributed by atoms with Crippen LogP contribution in [0.4, 0.5) is 9.18 Å². The second kappa shape index (κ2) is 7.18. The van der Waals surface area contributed by atoms with Crippen LogP contribution in [0.25, 0.3) is 0 Å². The first-order chi connectivity index (χ1) is 11.6. The number of hydrogen-bond acceptors (Lipinski definition) is 4. The summed E-state index contributed by atoms with van der Waals surface area (Å²) in [6.07, 6.45) is 0. The van der Waals surface area contributed by atoms with E-state index in [0.29, 0.717) is 4.90 Å². The first-order valence-electron chi connectivity index (χ1n) is 7.51. The van der Waals surface area contributed by atoms with Crippen LogP contribution < -0.4 is 0 Å². The largest absolute Gasteiger partial charge is 0.340 e. The van der Waals surface area contributed by atoms with Crippen molar-refractivity contribution in [3.63, 3.8) is 0 Å². The van der Waals surface area contributed by atoms with Gasteiger partial charge in [0.25, 0.3) is 0 Å². The van der Waals surface area contributed by atoms with Crippen LogP contribution in [0.1, 0.15) is 19.4 Å². The molecule has 1 heterocycles. The molecule has 0 saturated carbocycles. The molecule has 1 saturated heterocycles. The number of amides is 5. The number of benzene rings is 1.